The molecule has 0 saturated heterocycles. The van der Waals surface area contributed by atoms with Crippen LogP contribution in [0.5, 0.6) is 0 Å². The highest BCUT2D eigenvalue weighted by Crippen LogP contribution is 2.66. The smallest absolute Gasteiger partial charge is 0.244 e. The number of aromatic nitrogens is 1. The van der Waals surface area contributed by atoms with Gasteiger partial charge in [0, 0.05) is 11.6 Å². The second-order valence-electron chi connectivity index (χ2n) is 9.05. The number of carbonyl (C=O) groups is 1. The zero-order chi connectivity index (χ0) is 17.8. The third kappa shape index (κ3) is 2.42. The van der Waals surface area contributed by atoms with E-state index < -0.39 is 0 Å². The fourth-order valence-corrected chi connectivity index (χ4v) is 6.60. The molecule has 4 heteroatoms. The van der Waals surface area contributed by atoms with Gasteiger partial charge < -0.3 is 0 Å². The Hall–Kier alpha value is -2.10. The van der Waals surface area contributed by atoms with Crippen molar-refractivity contribution in [1.29, 1.82) is 0 Å². The first-order valence-electron chi connectivity index (χ1n) is 10.0. The number of hydrogen-bond donors (Lipinski definition) is 2. The van der Waals surface area contributed by atoms with Crippen LogP contribution in [0.3, 0.4) is 0 Å². The van der Waals surface area contributed by atoms with Gasteiger partial charge in [0.05, 0.1) is 16.6 Å². The molecule has 26 heavy (non-hydrogen) atoms. The lowest BCUT2D eigenvalue weighted by Gasteiger charge is -2.61. The summed E-state index contributed by atoms with van der Waals surface area (Å²) in [5.74, 6) is 1.71. The molecule has 1 aromatic carbocycles. The molecule has 1 aromatic heterocycles. The van der Waals surface area contributed by atoms with Crippen molar-refractivity contribution in [2.24, 2.45) is 22.7 Å². The van der Waals surface area contributed by atoms with Crippen LogP contribution in [0.15, 0.2) is 36.5 Å². The number of fused-ring (bicyclic) bond motifs is 1. The van der Waals surface area contributed by atoms with Crippen molar-refractivity contribution in [3.8, 4) is 0 Å². The van der Waals surface area contributed by atoms with E-state index in [9.17, 15) is 4.79 Å². The Morgan fingerprint density at radius 3 is 2.73 bits per heavy atom. The monoisotopic (exact) mass is 349 g/mol. The van der Waals surface area contributed by atoms with Gasteiger partial charge in [-0.25, -0.2) is 0 Å². The maximum Gasteiger partial charge on any atom is 0.244 e. The molecule has 0 radical (unpaired) electrons. The van der Waals surface area contributed by atoms with E-state index in [-0.39, 0.29) is 11.3 Å². The van der Waals surface area contributed by atoms with Crippen molar-refractivity contribution in [2.45, 2.75) is 51.9 Å². The standard InChI is InChI=1S/C22H27N3O/c1-2-21-10-15-9-16(11-21)13-22(12-15,14-21)20(26)25-24-19-7-3-6-18-17(19)5-4-8-23-18/h3-8,15-16,24H,2,9-14H2,1H3,(H,25,26)/t15-,16+,21?,22?. The van der Waals surface area contributed by atoms with Crippen LogP contribution in [0.25, 0.3) is 10.9 Å². The lowest BCUT2D eigenvalue weighted by Crippen LogP contribution is -2.58. The highest BCUT2D eigenvalue weighted by molar-refractivity contribution is 5.92. The molecule has 136 valence electrons. The molecule has 0 spiro atoms. The van der Waals surface area contributed by atoms with Crippen LogP contribution >= 0.6 is 0 Å². The summed E-state index contributed by atoms with van der Waals surface area (Å²) in [7, 11) is 0. The maximum atomic E-state index is 13.3. The van der Waals surface area contributed by atoms with Gasteiger partial charge in [-0.2, -0.15) is 0 Å². The molecule has 6 rings (SSSR count). The summed E-state index contributed by atoms with van der Waals surface area (Å²) >= 11 is 0. The predicted molar refractivity (Wildman–Crippen MR) is 103 cm³/mol. The van der Waals surface area contributed by atoms with Gasteiger partial charge in [-0.15, -0.1) is 0 Å². The van der Waals surface area contributed by atoms with Crippen molar-refractivity contribution in [3.63, 3.8) is 0 Å². The molecule has 4 fully saturated rings. The molecule has 1 heterocycles. The van der Waals surface area contributed by atoms with Crippen molar-refractivity contribution in [3.05, 3.63) is 36.5 Å². The third-order valence-electron chi connectivity index (χ3n) is 7.37. The number of amides is 1. The van der Waals surface area contributed by atoms with Crippen LogP contribution in [-0.2, 0) is 4.79 Å². The lowest BCUT2D eigenvalue weighted by molar-refractivity contribution is -0.157. The van der Waals surface area contributed by atoms with Crippen LogP contribution < -0.4 is 10.9 Å². The number of carbonyl (C=O) groups excluding carboxylic acids is 1. The molecule has 2 N–H and O–H groups in total. The minimum Gasteiger partial charge on any atom is -0.298 e. The zero-order valence-electron chi connectivity index (χ0n) is 15.4. The summed E-state index contributed by atoms with van der Waals surface area (Å²) in [4.78, 5) is 17.7. The Morgan fingerprint density at radius 2 is 1.96 bits per heavy atom. The SMILES string of the molecule is CCC12C[C@H]3C[C@@H](C1)CC(C(=O)NNc1cccc4ncccc14)(C3)C2. The number of nitrogens with zero attached hydrogens (tertiary/aromatic N) is 1. The molecular formula is C22H27N3O. The van der Waals surface area contributed by atoms with E-state index in [0.29, 0.717) is 5.41 Å². The van der Waals surface area contributed by atoms with Gasteiger partial charge in [0.15, 0.2) is 0 Å². The van der Waals surface area contributed by atoms with Gasteiger partial charge in [0.25, 0.3) is 0 Å². The van der Waals surface area contributed by atoms with E-state index in [4.69, 9.17) is 0 Å². The highest BCUT2D eigenvalue weighted by Gasteiger charge is 2.59. The van der Waals surface area contributed by atoms with Gasteiger partial charge in [0.2, 0.25) is 5.91 Å². The molecule has 4 saturated carbocycles. The lowest BCUT2D eigenvalue weighted by atomic mass is 9.43. The minimum atomic E-state index is -0.157. The first-order chi connectivity index (χ1) is 12.6. The number of nitrogens with one attached hydrogen (secondary N) is 2. The number of rotatable bonds is 4. The van der Waals surface area contributed by atoms with Crippen LogP contribution in [0, 0.1) is 22.7 Å². The van der Waals surface area contributed by atoms with Crippen LogP contribution in [-0.4, -0.2) is 10.9 Å². The van der Waals surface area contributed by atoms with E-state index in [1.165, 1.54) is 25.7 Å². The Kier molecular flexibility index (Phi) is 3.53. The normalized spacial score (nSPS) is 34.8. The molecule has 4 aliphatic carbocycles. The average Bonchev–Trinajstić information content (AvgIpc) is 2.65. The summed E-state index contributed by atoms with van der Waals surface area (Å²) < 4.78 is 0. The van der Waals surface area contributed by atoms with E-state index in [0.717, 1.165) is 47.7 Å². The number of hydrogen-bond acceptors (Lipinski definition) is 3. The van der Waals surface area contributed by atoms with E-state index >= 15 is 0 Å². The Balaban J connectivity index is 1.37. The average molecular weight is 349 g/mol. The fourth-order valence-electron chi connectivity index (χ4n) is 6.60. The van der Waals surface area contributed by atoms with Crippen molar-refractivity contribution in [2.75, 3.05) is 5.43 Å². The summed E-state index contributed by atoms with van der Waals surface area (Å²) in [5, 5.41) is 1.03. The predicted octanol–water partition coefficient (Wildman–Crippen LogP) is 4.67. The number of anilines is 1. The van der Waals surface area contributed by atoms with Gasteiger partial charge in [-0.1, -0.05) is 19.4 Å². The van der Waals surface area contributed by atoms with E-state index in [2.05, 4.69) is 22.8 Å². The maximum absolute atomic E-state index is 13.3. The van der Waals surface area contributed by atoms with Crippen molar-refractivity contribution < 1.29 is 4.79 Å². The first kappa shape index (κ1) is 16.1. The fraction of sp³-hybridized carbons (Fsp3) is 0.545. The molecular weight excluding hydrogens is 322 g/mol. The van der Waals surface area contributed by atoms with Crippen molar-refractivity contribution in [1.82, 2.24) is 10.4 Å². The van der Waals surface area contributed by atoms with Crippen LogP contribution in [0.1, 0.15) is 51.9 Å². The Labute approximate surface area is 154 Å². The third-order valence-corrected chi connectivity index (χ3v) is 7.37. The van der Waals surface area contributed by atoms with Gasteiger partial charge in [0.1, 0.15) is 0 Å². The highest BCUT2D eigenvalue weighted by atomic mass is 16.2. The van der Waals surface area contributed by atoms with Crippen LogP contribution in [0.2, 0.25) is 0 Å². The molecule has 4 bridgehead atoms. The molecule has 4 aliphatic rings. The number of pyridine rings is 1. The van der Waals surface area contributed by atoms with Gasteiger partial charge in [-0.3, -0.25) is 20.6 Å². The largest absolute Gasteiger partial charge is 0.298 e. The Bertz CT molecular complexity index is 842. The van der Waals surface area contributed by atoms with Gasteiger partial charge >= 0.3 is 0 Å². The topological polar surface area (TPSA) is 54.0 Å². The second kappa shape index (κ2) is 5.70. The Morgan fingerprint density at radius 1 is 1.15 bits per heavy atom. The van der Waals surface area contributed by atoms with E-state index in [1.807, 2.05) is 30.3 Å². The minimum absolute atomic E-state index is 0.157. The summed E-state index contributed by atoms with van der Waals surface area (Å²) in [6, 6.07) is 9.93. The second-order valence-corrected chi connectivity index (χ2v) is 9.05. The first-order valence-corrected chi connectivity index (χ1v) is 10.0. The van der Waals surface area contributed by atoms with Gasteiger partial charge in [-0.05, 0) is 80.0 Å². The summed E-state index contributed by atoms with van der Waals surface area (Å²) in [5.41, 5.74) is 8.39. The molecule has 1 amide bonds. The molecule has 4 atom stereocenters. The molecule has 4 nitrogen and oxygen atoms in total. The van der Waals surface area contributed by atoms with Crippen LogP contribution in [0.4, 0.5) is 5.69 Å². The number of hydrazine groups is 1. The molecule has 2 aromatic rings. The number of benzene rings is 1. The quantitative estimate of drug-likeness (QED) is 0.788. The molecule has 0 aliphatic heterocycles. The summed E-state index contributed by atoms with van der Waals surface area (Å²) in [6.45, 7) is 2.32. The molecule has 2 unspecified atom stereocenters. The van der Waals surface area contributed by atoms with E-state index in [1.54, 1.807) is 6.20 Å². The van der Waals surface area contributed by atoms with Crippen molar-refractivity contribution >= 4 is 22.5 Å². The zero-order valence-corrected chi connectivity index (χ0v) is 15.4. The summed E-state index contributed by atoms with van der Waals surface area (Å²) in [6.07, 6.45) is 10.3.